The van der Waals surface area contributed by atoms with E-state index in [0.29, 0.717) is 60.8 Å². The number of hydrogen-bond acceptors (Lipinski definition) is 9. The zero-order valence-electron chi connectivity index (χ0n) is 17.9. The second kappa shape index (κ2) is 9.49. The highest BCUT2D eigenvalue weighted by Gasteiger charge is 2.22. The molecule has 3 aromatic rings. The third-order valence-corrected chi connectivity index (χ3v) is 6.69. The molecule has 0 bridgehead atoms. The van der Waals surface area contributed by atoms with Gasteiger partial charge in [-0.15, -0.1) is 0 Å². The molecule has 168 valence electrons. The van der Waals surface area contributed by atoms with Gasteiger partial charge in [0.25, 0.3) is 0 Å². The van der Waals surface area contributed by atoms with Gasteiger partial charge in [-0.3, -0.25) is 4.98 Å². The summed E-state index contributed by atoms with van der Waals surface area (Å²) < 4.78 is 42.3. The predicted octanol–water partition coefficient (Wildman–Crippen LogP) is 2.37. The first-order valence-corrected chi connectivity index (χ1v) is 11.7. The van der Waals surface area contributed by atoms with Crippen molar-refractivity contribution in [3.8, 4) is 23.0 Å². The predicted molar refractivity (Wildman–Crippen MR) is 119 cm³/mol. The minimum Gasteiger partial charge on any atom is -0.493 e. The SMILES string of the molecule is COc1ccc(S(=O)(=O)Cc2cc(N3CCOCC3)nc(-c3ccccn3)n2)cc1OC. The van der Waals surface area contributed by atoms with E-state index in [4.69, 9.17) is 14.2 Å². The lowest BCUT2D eigenvalue weighted by atomic mass is 10.3. The first kappa shape index (κ1) is 22.0. The Hall–Kier alpha value is -3.24. The van der Waals surface area contributed by atoms with E-state index in [1.165, 1.54) is 26.4 Å². The van der Waals surface area contributed by atoms with Gasteiger partial charge in [0.15, 0.2) is 27.2 Å². The van der Waals surface area contributed by atoms with E-state index >= 15 is 0 Å². The molecule has 0 amide bonds. The maximum Gasteiger partial charge on any atom is 0.184 e. The van der Waals surface area contributed by atoms with Crippen LogP contribution in [0.3, 0.4) is 0 Å². The fraction of sp³-hybridized carbons (Fsp3) is 0.318. The molecule has 4 rings (SSSR count). The van der Waals surface area contributed by atoms with Gasteiger partial charge in [-0.1, -0.05) is 6.07 Å². The number of ether oxygens (including phenoxy) is 3. The van der Waals surface area contributed by atoms with Crippen LogP contribution in [0, 0.1) is 0 Å². The topological polar surface area (TPSA) is 104 Å². The van der Waals surface area contributed by atoms with Crippen molar-refractivity contribution in [2.75, 3.05) is 45.4 Å². The van der Waals surface area contributed by atoms with E-state index in [9.17, 15) is 8.42 Å². The molecule has 3 heterocycles. The molecule has 0 aliphatic carbocycles. The van der Waals surface area contributed by atoms with Crippen LogP contribution in [-0.2, 0) is 20.3 Å². The van der Waals surface area contributed by atoms with Gasteiger partial charge < -0.3 is 19.1 Å². The number of rotatable bonds is 7. The molecule has 1 fully saturated rings. The fourth-order valence-corrected chi connectivity index (χ4v) is 4.67. The summed E-state index contributed by atoms with van der Waals surface area (Å²) in [5, 5.41) is 0. The normalized spacial score (nSPS) is 14.2. The van der Waals surface area contributed by atoms with Gasteiger partial charge in [0, 0.05) is 31.4 Å². The van der Waals surface area contributed by atoms with Crippen molar-refractivity contribution >= 4 is 15.7 Å². The number of benzene rings is 1. The minimum atomic E-state index is -3.71. The van der Waals surface area contributed by atoms with Gasteiger partial charge in [0.1, 0.15) is 11.5 Å². The Morgan fingerprint density at radius 1 is 1.00 bits per heavy atom. The molecular formula is C22H24N4O5S. The maximum absolute atomic E-state index is 13.2. The van der Waals surface area contributed by atoms with E-state index in [-0.39, 0.29) is 10.6 Å². The molecule has 9 nitrogen and oxygen atoms in total. The molecule has 0 unspecified atom stereocenters. The second-order valence-corrected chi connectivity index (χ2v) is 9.12. The lowest BCUT2D eigenvalue weighted by molar-refractivity contribution is 0.122. The second-order valence-electron chi connectivity index (χ2n) is 7.13. The number of hydrogen-bond donors (Lipinski definition) is 0. The average molecular weight is 457 g/mol. The molecule has 32 heavy (non-hydrogen) atoms. The van der Waals surface area contributed by atoms with E-state index in [1.54, 1.807) is 30.5 Å². The molecule has 0 saturated carbocycles. The summed E-state index contributed by atoms with van der Waals surface area (Å²) >= 11 is 0. The smallest absolute Gasteiger partial charge is 0.184 e. The van der Waals surface area contributed by atoms with Crippen LogP contribution < -0.4 is 14.4 Å². The molecule has 0 atom stereocenters. The van der Waals surface area contributed by atoms with Crippen molar-refractivity contribution in [1.82, 2.24) is 15.0 Å². The quantitative estimate of drug-likeness (QED) is 0.530. The van der Waals surface area contributed by atoms with Crippen molar-refractivity contribution in [2.45, 2.75) is 10.6 Å². The molecule has 0 spiro atoms. The maximum atomic E-state index is 13.2. The molecule has 1 aliphatic heterocycles. The summed E-state index contributed by atoms with van der Waals surface area (Å²) in [5.74, 6) is 1.55. The third-order valence-electron chi connectivity index (χ3n) is 5.05. The molecule has 1 aromatic carbocycles. The Labute approximate surface area is 186 Å². The fourth-order valence-electron chi connectivity index (χ4n) is 3.41. The van der Waals surface area contributed by atoms with Gasteiger partial charge in [0.05, 0.1) is 43.8 Å². The average Bonchev–Trinajstić information content (AvgIpc) is 2.84. The summed E-state index contributed by atoms with van der Waals surface area (Å²) in [6.07, 6.45) is 1.65. The zero-order valence-corrected chi connectivity index (χ0v) is 18.7. The molecule has 10 heteroatoms. The largest absolute Gasteiger partial charge is 0.493 e. The van der Waals surface area contributed by atoms with Crippen LogP contribution in [0.5, 0.6) is 11.5 Å². The highest BCUT2D eigenvalue weighted by molar-refractivity contribution is 7.90. The van der Waals surface area contributed by atoms with E-state index in [1.807, 2.05) is 6.07 Å². The number of anilines is 1. The zero-order chi connectivity index (χ0) is 22.6. The van der Waals surface area contributed by atoms with Crippen LogP contribution in [0.2, 0.25) is 0 Å². The molecule has 1 saturated heterocycles. The molecule has 0 radical (unpaired) electrons. The minimum absolute atomic E-state index is 0.126. The van der Waals surface area contributed by atoms with E-state index < -0.39 is 9.84 Å². The van der Waals surface area contributed by atoms with Crippen molar-refractivity contribution < 1.29 is 22.6 Å². The Bertz CT molecular complexity index is 1180. The first-order chi connectivity index (χ1) is 15.5. The van der Waals surface area contributed by atoms with Crippen molar-refractivity contribution in [1.29, 1.82) is 0 Å². The van der Waals surface area contributed by atoms with Gasteiger partial charge >= 0.3 is 0 Å². The van der Waals surface area contributed by atoms with Gasteiger partial charge in [-0.2, -0.15) is 0 Å². The van der Waals surface area contributed by atoms with Crippen LogP contribution in [0.15, 0.2) is 53.6 Å². The summed E-state index contributed by atoms with van der Waals surface area (Å²) in [5.41, 5.74) is 0.962. The van der Waals surface area contributed by atoms with Crippen LogP contribution >= 0.6 is 0 Å². The molecular weight excluding hydrogens is 432 g/mol. The van der Waals surface area contributed by atoms with Gasteiger partial charge in [-0.05, 0) is 24.3 Å². The van der Waals surface area contributed by atoms with Crippen molar-refractivity contribution in [2.24, 2.45) is 0 Å². The Morgan fingerprint density at radius 3 is 2.47 bits per heavy atom. The highest BCUT2D eigenvalue weighted by atomic mass is 32.2. The number of pyridine rings is 1. The number of nitrogens with zero attached hydrogens (tertiary/aromatic N) is 4. The Balaban J connectivity index is 1.72. The lowest BCUT2D eigenvalue weighted by Crippen LogP contribution is -2.37. The van der Waals surface area contributed by atoms with Crippen LogP contribution in [0.1, 0.15) is 5.69 Å². The number of aromatic nitrogens is 3. The van der Waals surface area contributed by atoms with Crippen molar-refractivity contribution in [3.05, 3.63) is 54.4 Å². The summed E-state index contributed by atoms with van der Waals surface area (Å²) in [7, 11) is -0.743. The molecule has 2 aromatic heterocycles. The summed E-state index contributed by atoms with van der Waals surface area (Å²) in [6, 6.07) is 11.7. The van der Waals surface area contributed by atoms with Gasteiger partial charge in [0.2, 0.25) is 0 Å². The number of methoxy groups -OCH3 is 2. The number of sulfone groups is 1. The van der Waals surface area contributed by atoms with Crippen molar-refractivity contribution in [3.63, 3.8) is 0 Å². The van der Waals surface area contributed by atoms with Crippen LogP contribution in [0.25, 0.3) is 11.5 Å². The monoisotopic (exact) mass is 456 g/mol. The Kier molecular flexibility index (Phi) is 6.52. The Morgan fingerprint density at radius 2 is 1.78 bits per heavy atom. The molecule has 0 N–H and O–H groups in total. The number of morpholine rings is 1. The highest BCUT2D eigenvalue weighted by Crippen LogP contribution is 2.31. The van der Waals surface area contributed by atoms with E-state index in [0.717, 1.165) is 0 Å². The van der Waals surface area contributed by atoms with Crippen LogP contribution in [-0.4, -0.2) is 63.9 Å². The summed E-state index contributed by atoms with van der Waals surface area (Å²) in [6.45, 7) is 2.51. The summed E-state index contributed by atoms with van der Waals surface area (Å²) in [4.78, 5) is 15.7. The standard InChI is InChI=1S/C22H24N4O5S/c1-29-19-7-6-17(14-20(19)30-2)32(27,28)15-16-13-21(26-9-11-31-12-10-26)25-22(24-16)18-5-3-4-8-23-18/h3-8,13-14H,9-12,15H2,1-2H3. The molecule has 1 aliphatic rings. The first-order valence-electron chi connectivity index (χ1n) is 10.1. The van der Waals surface area contributed by atoms with Crippen LogP contribution in [0.4, 0.5) is 5.82 Å². The van der Waals surface area contributed by atoms with Gasteiger partial charge in [-0.25, -0.2) is 18.4 Å². The lowest BCUT2D eigenvalue weighted by Gasteiger charge is -2.28. The van der Waals surface area contributed by atoms with E-state index in [2.05, 4.69) is 19.9 Å². The third kappa shape index (κ3) is 4.81.